The number of amides is 2. The molecule has 30 nitrogen and oxygen atoms in total. The Morgan fingerprint density at radius 3 is 0.578 bits per heavy atom. The number of alkyl halides is 24. The average Bonchev–Trinajstić information content (AvgIpc) is 0.656. The average molecular weight is 2040 g/mol. The Bertz CT molecular complexity index is 2700. The van der Waals surface area contributed by atoms with Crippen molar-refractivity contribution in [2.75, 3.05) is 194 Å². The van der Waals surface area contributed by atoms with Crippen molar-refractivity contribution < 1.29 is 233 Å². The monoisotopic (exact) mass is 2040 g/mol. The summed E-state index contributed by atoms with van der Waals surface area (Å²) in [5.74, 6) is -25.7. The van der Waals surface area contributed by atoms with E-state index < -0.39 is 252 Å². The fourth-order valence-corrected chi connectivity index (χ4v) is 23.8. The molecule has 60 heteroatoms. The number of hydrogen-bond acceptors (Lipinski definition) is 28. The van der Waals surface area contributed by atoms with E-state index in [2.05, 4.69) is 37.9 Å². The summed E-state index contributed by atoms with van der Waals surface area (Å²) in [6.45, 7) is -18.4. The number of hydrogen-bond donors (Lipinski definition) is 2. The molecule has 0 radical (unpaired) electrons. The number of ether oxygens (including phenoxy) is 8. The van der Waals surface area contributed by atoms with Crippen LogP contribution in [0.2, 0.25) is 36.3 Å². The summed E-state index contributed by atoms with van der Waals surface area (Å²) in [5, 5.41) is 3.83. The summed E-state index contributed by atoms with van der Waals surface area (Å²) < 4.78 is 482. The second-order valence-electron chi connectivity index (χ2n) is 29.4. The van der Waals surface area contributed by atoms with Crippen LogP contribution in [0.25, 0.3) is 0 Å². The summed E-state index contributed by atoms with van der Waals surface area (Å²) in [6, 6.07) is 0.746. The van der Waals surface area contributed by atoms with E-state index in [9.17, 15) is 97.4 Å². The van der Waals surface area contributed by atoms with Gasteiger partial charge in [-0.3, -0.25) is 28.5 Å². The number of nitrogens with one attached hydrogen (secondary N) is 2. The molecule has 0 fully saturated rings. The van der Waals surface area contributed by atoms with Gasteiger partial charge in [-0.25, -0.2) is 17.6 Å². The highest BCUT2D eigenvalue weighted by molar-refractivity contribution is 6.62. The Labute approximate surface area is 734 Å². The number of halogens is 24. The summed E-state index contributed by atoms with van der Waals surface area (Å²) >= 11 is 0. The van der Waals surface area contributed by atoms with Gasteiger partial charge in [0.25, 0.3) is 23.7 Å². The van der Waals surface area contributed by atoms with Gasteiger partial charge in [0.1, 0.15) is 65.3 Å². The second-order valence-corrected chi connectivity index (χ2v) is 47.9. The van der Waals surface area contributed by atoms with Crippen LogP contribution in [0.4, 0.5) is 105 Å². The van der Waals surface area contributed by atoms with E-state index in [1.165, 1.54) is 128 Å². The lowest BCUT2D eigenvalue weighted by Gasteiger charge is -2.37. The second kappa shape index (κ2) is 55.2. The molecule has 0 aromatic heterocycles. The van der Waals surface area contributed by atoms with Gasteiger partial charge in [-0.15, -0.1) is 0 Å². The molecule has 0 atom stereocenters. The maximum Gasteiger partial charge on any atom is 0.500 e. The van der Waals surface area contributed by atoms with Crippen molar-refractivity contribution in [2.24, 2.45) is 10.8 Å². The molecule has 0 aliphatic carbocycles. The fourth-order valence-electron chi connectivity index (χ4n) is 13.4. The number of carbonyl (C=O) groups is 2. The van der Waals surface area contributed by atoms with Crippen LogP contribution in [-0.2, 0) is 127 Å². The molecule has 0 aromatic carbocycles. The molecule has 0 saturated heterocycles. The first kappa shape index (κ1) is 126. The van der Waals surface area contributed by atoms with Gasteiger partial charge in [-0.05, 0) is 101 Å². The molecule has 0 rings (SSSR count). The van der Waals surface area contributed by atoms with Crippen molar-refractivity contribution in [3.05, 3.63) is 0 Å². The van der Waals surface area contributed by atoms with Crippen molar-refractivity contribution in [3.63, 3.8) is 0 Å². The van der Waals surface area contributed by atoms with E-state index in [0.29, 0.717) is 0 Å². The third-order valence-electron chi connectivity index (χ3n) is 20.2. The van der Waals surface area contributed by atoms with Crippen molar-refractivity contribution >= 4 is 64.6 Å². The fraction of sp³-hybridized carbons (Fsp3) is 0.971. The molecule has 2 amide bonds. The predicted octanol–water partition coefficient (Wildman–Crippen LogP) is 14.9. The van der Waals surface area contributed by atoms with Crippen LogP contribution in [-0.4, -0.2) is 331 Å². The quantitative estimate of drug-likeness (QED) is 0.0325. The van der Waals surface area contributed by atoms with Crippen LogP contribution < -0.4 is 10.6 Å². The zero-order valence-corrected chi connectivity index (χ0v) is 80.5. The van der Waals surface area contributed by atoms with E-state index in [1.807, 2.05) is 10.6 Å². The molecule has 0 aliphatic heterocycles. The lowest BCUT2D eigenvalue weighted by atomic mass is 9.75. The molecule has 766 valence electrons. The van der Waals surface area contributed by atoms with Crippen LogP contribution in [0.1, 0.15) is 116 Å². The molecule has 2 N–H and O–H groups in total. The van der Waals surface area contributed by atoms with E-state index in [4.69, 9.17) is 79.7 Å². The predicted molar refractivity (Wildman–Crippen MR) is 410 cm³/mol. The third kappa shape index (κ3) is 46.1. The lowest BCUT2D eigenvalue weighted by Crippen LogP contribution is -2.50. The topological polar surface area (TPSA) is 298 Å². The summed E-state index contributed by atoms with van der Waals surface area (Å²) in [6.07, 6.45) is -56.3. The van der Waals surface area contributed by atoms with Crippen molar-refractivity contribution in [3.8, 4) is 0 Å². The molecule has 0 bridgehead atoms. The Kier molecular flexibility index (Phi) is 54.1. The van der Waals surface area contributed by atoms with Crippen LogP contribution in [0, 0.1) is 10.8 Å². The first-order valence-electron chi connectivity index (χ1n) is 39.0. The van der Waals surface area contributed by atoms with Gasteiger partial charge in [0.2, 0.25) is 0 Å². The zero-order valence-electron chi connectivity index (χ0n) is 74.5. The Balaban J connectivity index is 5.75. The largest absolute Gasteiger partial charge is 0.500 e. The Hall–Kier alpha value is -2.48. The minimum absolute atomic E-state index is 0.0651. The summed E-state index contributed by atoms with van der Waals surface area (Å²) in [7, 11) is 3.75. The highest BCUT2D eigenvalue weighted by Crippen LogP contribution is 2.46. The van der Waals surface area contributed by atoms with Gasteiger partial charge in [-0.2, -0.15) is 87.8 Å². The molecule has 0 aromatic rings. The minimum atomic E-state index is -5.71. The molecule has 0 heterocycles. The van der Waals surface area contributed by atoms with E-state index in [0.717, 1.165) is 0 Å². The van der Waals surface area contributed by atoms with E-state index in [1.54, 1.807) is 0 Å². The maximum atomic E-state index is 15.5. The van der Waals surface area contributed by atoms with E-state index in [-0.39, 0.29) is 113 Å². The Morgan fingerprint density at radius 1 is 0.227 bits per heavy atom. The van der Waals surface area contributed by atoms with Crippen LogP contribution in [0.3, 0.4) is 0 Å². The van der Waals surface area contributed by atoms with Gasteiger partial charge in [0, 0.05) is 191 Å². The molecule has 0 unspecified atom stereocenters. The first-order valence-corrected chi connectivity index (χ1v) is 50.6. The SMILES string of the molecule is CO[Si](CCCC(CCC[Si](OC)(OC)OC)(CCC[Si](OC)(OC)OC)CNC(=O)C(F)(F)CC(F)(F)OC(F)(F)COCC(F)(F)CC(F)(F)OC(F)(F)COCCCCOCC(F)(F)OC(F)(F)CC(F)(F)COCC(F)(F)OC(F)(F)CC(F)(F)C(=O)NCC(CCC[Si](OC)(OC)OC)(CCC[Si](OC)(OC)OC)CCC[Si](OC)(OC)OC)(OC)OC. The van der Waals surface area contributed by atoms with Crippen LogP contribution in [0.5, 0.6) is 0 Å². The lowest BCUT2D eigenvalue weighted by molar-refractivity contribution is -0.403. The van der Waals surface area contributed by atoms with E-state index >= 15 is 17.6 Å². The van der Waals surface area contributed by atoms with Gasteiger partial charge in [0.05, 0.1) is 0 Å². The Morgan fingerprint density at radius 2 is 0.398 bits per heavy atom. The minimum Gasteiger partial charge on any atom is -0.377 e. The third-order valence-corrected chi connectivity index (χ3v) is 37.2. The zero-order chi connectivity index (χ0) is 99.0. The molecular formula is C68H124F24N2O28Si6. The normalized spacial score (nSPS) is 14.5. The number of carbonyl (C=O) groups excluding carboxylic acids is 2. The van der Waals surface area contributed by atoms with Crippen molar-refractivity contribution in [1.82, 2.24) is 10.6 Å². The van der Waals surface area contributed by atoms with Gasteiger partial charge < -0.3 is 109 Å². The highest BCUT2D eigenvalue weighted by atomic mass is 28.4. The number of rotatable bonds is 81. The summed E-state index contributed by atoms with van der Waals surface area (Å²) in [5.41, 5.74) is -2.47. The number of unbranched alkanes of at least 4 members (excludes halogenated alkanes) is 1. The van der Waals surface area contributed by atoms with Crippen molar-refractivity contribution in [2.45, 2.75) is 224 Å². The van der Waals surface area contributed by atoms with Crippen LogP contribution >= 0.6 is 0 Å². The molecule has 0 saturated carbocycles. The van der Waals surface area contributed by atoms with Crippen molar-refractivity contribution in [1.29, 1.82) is 0 Å². The van der Waals surface area contributed by atoms with Gasteiger partial charge in [0.15, 0.2) is 0 Å². The molecular weight excluding hydrogens is 1920 g/mol. The smallest absolute Gasteiger partial charge is 0.377 e. The highest BCUT2D eigenvalue weighted by Gasteiger charge is 2.59. The van der Waals surface area contributed by atoms with Gasteiger partial charge in [-0.1, -0.05) is 0 Å². The standard InChI is InChI=1S/C68H124F24N2O28Si6/c1-97-123(98-2,99-3)35-21-27-55(28-22-36-124(100-4,101-5)102-6,29-23-37-125(103-7,104-8)105-9)45-93-53(95)59(73,74)43-63(81,82)121-67(89,90)51-117-47-57(69,70)41-61(77,78)119-65(85,86)49-115-33-19-20-34-116-50-66(87,88)120-62(79,80)42-58(71,72)48-118-52-68(91,92)122-64(83,84)44-60(75,76)54(96)94-46-56(30-24-38-126(106-10,107-11)108-12,31-25-39-127(109-13,110-14)111-15)32-26-40-128(112-16,113-17)114-18/h19-52H2,1-18H3,(H,93,95)(H,94,96). The molecule has 128 heavy (non-hydrogen) atoms. The molecule has 0 aliphatic rings. The first-order chi connectivity index (χ1) is 58.9. The van der Waals surface area contributed by atoms with Gasteiger partial charge >= 0.3 is 114 Å². The molecule has 0 spiro atoms. The maximum absolute atomic E-state index is 15.5. The van der Waals surface area contributed by atoms with Crippen LogP contribution in [0.15, 0.2) is 0 Å². The summed E-state index contributed by atoms with van der Waals surface area (Å²) in [4.78, 5) is 26.3.